The minimum Gasteiger partial charge on any atom is -0.489 e. The van der Waals surface area contributed by atoms with Gasteiger partial charge in [-0.05, 0) is 148 Å². The van der Waals surface area contributed by atoms with E-state index < -0.39 is 0 Å². The largest absolute Gasteiger partial charge is 0.489 e. The summed E-state index contributed by atoms with van der Waals surface area (Å²) in [7, 11) is 0. The third-order valence-electron chi connectivity index (χ3n) is 13.4. The minimum atomic E-state index is -0.300. The number of para-hydroxylation sites is 3. The number of unbranched alkanes of at least 4 members (excludes halogenated alkanes) is 5. The zero-order valence-corrected chi connectivity index (χ0v) is 51.9. The van der Waals surface area contributed by atoms with Gasteiger partial charge in [0.1, 0.15) is 65.6 Å². The van der Waals surface area contributed by atoms with Crippen molar-refractivity contribution in [3.05, 3.63) is 143 Å². The van der Waals surface area contributed by atoms with Crippen molar-refractivity contribution in [3.8, 4) is 28.7 Å². The second-order valence-corrected chi connectivity index (χ2v) is 21.4. The third kappa shape index (κ3) is 32.6. The average Bonchev–Trinajstić information content (AvgIpc) is 0.848. The first-order chi connectivity index (χ1) is 98.1. The van der Waals surface area contributed by atoms with Gasteiger partial charge < -0.3 is 49.2 Å². The van der Waals surface area contributed by atoms with Gasteiger partial charge in [0.25, 0.3) is 0 Å². The summed E-state index contributed by atoms with van der Waals surface area (Å²) in [5.74, 6) is 4.83. The van der Waals surface area contributed by atoms with Gasteiger partial charge in [-0.1, -0.05) is 176 Å². The van der Waals surface area contributed by atoms with Crippen LogP contribution in [0.2, 0.25) is 0 Å². The van der Waals surface area contributed by atoms with E-state index in [1.807, 2.05) is 88.4 Å². The summed E-state index contributed by atoms with van der Waals surface area (Å²) in [6.07, 6.45) is 19.6. The Morgan fingerprint density at radius 3 is 1.39 bits per heavy atom. The Morgan fingerprint density at radius 1 is 0.476 bits per heavy atom. The van der Waals surface area contributed by atoms with E-state index in [0.717, 1.165) is 79.9 Å². The molecule has 5 rings (SSSR count). The molecule has 0 radical (unpaired) electrons. The summed E-state index contributed by atoms with van der Waals surface area (Å²) in [6.45, 7) is 25.4. The minimum absolute atomic E-state index is 0. The second kappa shape index (κ2) is 48.2. The molecule has 5 atom stereocenters. The van der Waals surface area contributed by atoms with Crippen molar-refractivity contribution in [2.75, 3.05) is 39.6 Å². The zero-order valence-electron chi connectivity index (χ0n) is 170. The number of ether oxygens (including phenoxy) is 5. The normalized spacial score (nSPS) is 18.2. The highest BCUT2D eigenvalue weighted by Crippen LogP contribution is 2.31. The van der Waals surface area contributed by atoms with Gasteiger partial charge in [0.05, 0.1) is 39.2 Å². The van der Waals surface area contributed by atoms with Crippen LogP contribution in [0.3, 0.4) is 0 Å². The highest BCUT2D eigenvalue weighted by atomic mass is 19.1. The number of aryl methyl sites for hydroxylation is 4. The molecule has 0 aliphatic heterocycles. The van der Waals surface area contributed by atoms with Gasteiger partial charge in [-0.3, -0.25) is 4.98 Å². The number of rotatable bonds is 33. The van der Waals surface area contributed by atoms with Crippen LogP contribution in [0.4, 0.5) is 4.39 Å². The van der Waals surface area contributed by atoms with E-state index in [4.69, 9.17) is 214 Å². The lowest BCUT2D eigenvalue weighted by Crippen LogP contribution is -2.27. The topological polar surface area (TPSA) is 160 Å². The van der Waals surface area contributed by atoms with Crippen LogP contribution in [0.5, 0.6) is 28.7 Å². The quantitative estimate of drug-likeness (QED) is 0.0254. The summed E-state index contributed by atoms with van der Waals surface area (Å²) in [6, 6.07) is 31.0. The van der Waals surface area contributed by atoms with Crippen LogP contribution in [-0.4, -0.2) is 94.6 Å². The molecule has 1 aromatic heterocycles. The highest BCUT2D eigenvalue weighted by Gasteiger charge is 2.18. The van der Waals surface area contributed by atoms with E-state index in [1.165, 1.54) is 79.3 Å². The predicted molar refractivity (Wildman–Crippen MR) is 466 cm³/mol. The number of pyridine rings is 1. The highest BCUT2D eigenvalue weighted by molar-refractivity contribution is 5.37. The number of aliphatic hydroxyl groups excluding tert-OH is 5. The molecule has 0 fully saturated rings. The number of hydrogen-bond acceptors (Lipinski definition) is 11. The molecule has 4 aromatic carbocycles. The SMILES string of the molecule is C.CCCC(C)c1ccccc1OC(C)CO.CCCCCc1ccccc1OC(C)CO.CCCCc1ccc(F)cc1OC(CO)C(C)C.CCCCc1ccccc1OC(CO)C(C)C.CCCCc1ccncc1OCCO.[3HH].[3H][3H].[3H][3H].[3H][3H].[3H][3H].[3H][3H].[3H][3H].[3H][3H].[3H][3H].[3H][3H].[3H][3H].[3H][3H].[3H][3H].[3H][3H].[3H][3H].[3H][3H].[3H][3H].[3H][3H].[3H][3H].[3H][3H].[3H][3H].[3H][3H].[3H][3H].[3H][3H].[3H][3H].[3H][3H].[3H][3H].[3H][3H].[3H][3H].[3H][3H].[3H][3H].[3H][3H].[3H][3H].[3H][3H].[3H][3H].[3H][3H].[3H][3H].[3H][3H].[3H][3H].[3H][3H].[3H][3H].[3H][3H].[3H][3H].[3H][3H].[3H][3H].[3H][3H].[3H][3H].[3H][3H].[3H][3H].[3H][3H].[3H][3H].[3H][3H].[3H][3H].[3H][3H].[3H][3H].[3H][3H].[3H][3H].[3H][3H].[3H][3H].[3H][3H]. The number of aliphatic hydroxyl groups is 5. The van der Waals surface area contributed by atoms with Crippen molar-refractivity contribution in [2.45, 2.75) is 217 Å². The lowest BCUT2D eigenvalue weighted by atomic mass is 9.96. The maximum Gasteiger partial charge on any atom is 0.140 e. The van der Waals surface area contributed by atoms with E-state index >= 15 is 0 Å². The van der Waals surface area contributed by atoms with Crippen LogP contribution in [0.15, 0.2) is 109 Å². The van der Waals surface area contributed by atoms with Gasteiger partial charge in [-0.25, -0.2) is 4.39 Å². The van der Waals surface area contributed by atoms with Crippen LogP contribution >= 0.6 is 0 Å². The van der Waals surface area contributed by atoms with Crippen molar-refractivity contribution in [1.82, 2.24) is 4.98 Å². The first-order valence-electron chi connectivity index (χ1n) is 89.4. The van der Waals surface area contributed by atoms with Crippen molar-refractivity contribution in [2.24, 2.45) is 11.8 Å². The van der Waals surface area contributed by atoms with Gasteiger partial charge in [-0.15, -0.1) is 0 Å². The molecule has 5 aromatic rings. The summed E-state index contributed by atoms with van der Waals surface area (Å²) < 4.78 is 632. The van der Waals surface area contributed by atoms with E-state index in [0.29, 0.717) is 24.2 Å². The fraction of sp³-hybridized carbons (Fsp3) is 0.586. The monoisotopic (exact) mass is 1510 g/mol. The van der Waals surface area contributed by atoms with E-state index in [1.54, 1.807) is 18.5 Å². The first-order valence-corrected chi connectivity index (χ1v) is 30.4. The van der Waals surface area contributed by atoms with E-state index in [-0.39, 0.29) is 78.0 Å². The molecular formula is C70H232FNO10. The van der Waals surface area contributed by atoms with Crippen LogP contribution in [-0.2, 0) is 25.7 Å². The number of hydrogen-bond donors (Lipinski definition) is 5. The molecule has 0 bridgehead atoms. The standard InChI is InChI=1S/C15H23FO2.C15H24O2.2C14H22O2.C11H17NO2.CH4.60H2/c1-4-5-6-12-7-8-13(16)9-14(12)18-15(10-17)11(2)3;1-4-5-8-13-9-6-7-10-14(13)17-15(11-16)12(2)3;1-4-7-11(2)13-8-5-6-9-14(13)16-12(3)10-15;1-3-4-5-8-13-9-6-7-10-14(13)16-12(2)11-15;1-2-3-4-10-5-6-12-9-11(10)14-8-7-13;;;;;;;;;;;;;;;;;;;;;;;;;;;;;;;;;;;;;;;;;;;;;;;;;;;;;;;;;;;;;/h7-9,11,15,17H,4-6,10H2,1-3H3;6-7,9-10,12,15-16H,4-5,8,11H2,1-3H3;5-6,8-9,11-12,15H,4,7,10H2,1-3H3;6-7,9-10,12,15H,3-5,8,11H2,1-2H3;5-6,9,13H,2-4,7-8H2,1H3;1H4;60*1H/i;;;;;;59*1+2T;1+2. The van der Waals surface area contributed by atoms with Crippen LogP contribution < -0.4 is 23.7 Å². The molecule has 0 spiro atoms. The molecule has 12 heteroatoms. The lowest BCUT2D eigenvalue weighted by Gasteiger charge is -2.22. The summed E-state index contributed by atoms with van der Waals surface area (Å²) in [5.41, 5.74) is 5.92. The van der Waals surface area contributed by atoms with Gasteiger partial charge in [0.2, 0.25) is 0 Å². The Hall–Kier alpha value is -5.24. The molecule has 5 unspecified atom stereocenters. The van der Waals surface area contributed by atoms with Crippen molar-refractivity contribution in [1.29, 1.82) is 0 Å². The molecular weight excluding hydrogens is 1030 g/mol. The Balaban J connectivity index is -0.0000000174. The summed E-state index contributed by atoms with van der Waals surface area (Å²) >= 11 is 0. The Labute approximate surface area is 680 Å². The van der Waals surface area contributed by atoms with Gasteiger partial charge in [-0.2, -0.15) is 0 Å². The summed E-state index contributed by atoms with van der Waals surface area (Å²) in [5, 5.41) is 45.2. The lowest BCUT2D eigenvalue weighted by molar-refractivity contribution is 0.0790. The molecule has 0 aliphatic rings. The fourth-order valence-electron chi connectivity index (χ4n) is 8.25. The van der Waals surface area contributed by atoms with Crippen LogP contribution in [0, 0.1) is 17.7 Å². The number of aromatic nitrogens is 1. The predicted octanol–water partition coefficient (Wildman–Crippen LogP) is 30.7. The van der Waals surface area contributed by atoms with Crippen LogP contribution in [0.25, 0.3) is 0 Å². The molecule has 1 heterocycles. The molecule has 0 amide bonds. The van der Waals surface area contributed by atoms with E-state index in [9.17, 15) is 14.6 Å². The number of nitrogens with zero attached hydrogens (tertiary/aromatic N) is 1. The zero-order chi connectivity index (χ0) is 178. The second-order valence-electron chi connectivity index (χ2n) is 21.4. The smallest absolute Gasteiger partial charge is 0.140 e. The number of halogens is 1. The molecule has 584 valence electrons. The molecule has 0 aliphatic carbocycles. The molecule has 82 heavy (non-hydrogen) atoms. The number of benzene rings is 4. The molecule has 5 N–H and O–H groups in total. The summed E-state index contributed by atoms with van der Waals surface area (Å²) in [4.78, 5) is 4.00. The maximum absolute atomic E-state index is 13.3. The van der Waals surface area contributed by atoms with E-state index in [2.05, 4.69) is 78.6 Å². The first kappa shape index (κ1) is 24.3. The molecule has 11 nitrogen and oxygen atoms in total. The van der Waals surface area contributed by atoms with Crippen molar-refractivity contribution < 1.29 is 230 Å². The maximum atomic E-state index is 13.3. The van der Waals surface area contributed by atoms with Gasteiger partial charge in [0.15, 0.2) is 0 Å². The molecule has 0 saturated carbocycles. The Bertz CT molecular complexity index is 2460. The Morgan fingerprint density at radius 2 is 0.915 bits per heavy atom. The van der Waals surface area contributed by atoms with Crippen molar-refractivity contribution >= 4 is 0 Å². The van der Waals surface area contributed by atoms with Gasteiger partial charge in [0, 0.05) is 189 Å². The van der Waals surface area contributed by atoms with Gasteiger partial charge >= 0.3 is 0 Å². The van der Waals surface area contributed by atoms with Crippen LogP contribution in [0.1, 0.15) is 372 Å². The third-order valence-corrected chi connectivity index (χ3v) is 13.4. The Kier molecular flexibility index (Phi) is 14.3. The van der Waals surface area contributed by atoms with Crippen molar-refractivity contribution in [3.63, 3.8) is 0 Å². The molecule has 0 saturated heterocycles. The average molecular weight is 1510 g/mol. The fourth-order valence-corrected chi connectivity index (χ4v) is 8.25.